The fraction of sp³-hybridized carbons (Fsp3) is 0.600. The van der Waals surface area contributed by atoms with Crippen molar-refractivity contribution in [1.82, 2.24) is 15.5 Å². The summed E-state index contributed by atoms with van der Waals surface area (Å²) in [5.41, 5.74) is -0.109. The SMILES string of the molecule is CCCc1[nH]nc(C(=O)NCCS(C)(=O)=O)c1S(=O)(=O)Cl. The van der Waals surface area contributed by atoms with Gasteiger partial charge in [0.2, 0.25) is 0 Å². The summed E-state index contributed by atoms with van der Waals surface area (Å²) in [4.78, 5) is 11.5. The van der Waals surface area contributed by atoms with E-state index in [1.807, 2.05) is 6.92 Å². The van der Waals surface area contributed by atoms with Crippen molar-refractivity contribution in [2.75, 3.05) is 18.6 Å². The molecule has 0 bridgehead atoms. The zero-order chi connectivity index (χ0) is 16.3. The minimum absolute atomic E-state index is 0.143. The summed E-state index contributed by atoms with van der Waals surface area (Å²) in [6, 6.07) is 0. The maximum atomic E-state index is 11.9. The highest BCUT2D eigenvalue weighted by Gasteiger charge is 2.28. The Bertz CT molecular complexity index is 724. The maximum Gasteiger partial charge on any atom is 0.273 e. The van der Waals surface area contributed by atoms with E-state index in [1.165, 1.54) is 0 Å². The highest BCUT2D eigenvalue weighted by Crippen LogP contribution is 2.23. The molecule has 0 aromatic carbocycles. The summed E-state index contributed by atoms with van der Waals surface area (Å²) in [5, 5.41) is 8.44. The lowest BCUT2D eigenvalue weighted by molar-refractivity contribution is 0.0948. The minimum Gasteiger partial charge on any atom is -0.350 e. The summed E-state index contributed by atoms with van der Waals surface area (Å²) in [6.45, 7) is 1.69. The topological polar surface area (TPSA) is 126 Å². The summed E-state index contributed by atoms with van der Waals surface area (Å²) < 4.78 is 45.1. The molecule has 0 radical (unpaired) electrons. The van der Waals surface area contributed by atoms with Crippen LogP contribution in [0.1, 0.15) is 29.5 Å². The van der Waals surface area contributed by atoms with Gasteiger partial charge < -0.3 is 5.32 Å². The number of sulfone groups is 1. The molecule has 0 fully saturated rings. The molecule has 1 heterocycles. The average molecular weight is 358 g/mol. The first-order valence-corrected chi connectivity index (χ1v) is 10.4. The van der Waals surface area contributed by atoms with Crippen molar-refractivity contribution in [2.24, 2.45) is 0 Å². The molecule has 8 nitrogen and oxygen atoms in total. The summed E-state index contributed by atoms with van der Waals surface area (Å²) >= 11 is 0. The van der Waals surface area contributed by atoms with Gasteiger partial charge >= 0.3 is 0 Å². The van der Waals surface area contributed by atoms with Gasteiger partial charge in [-0.25, -0.2) is 16.8 Å². The molecule has 0 saturated carbocycles. The van der Waals surface area contributed by atoms with Gasteiger partial charge in [-0.3, -0.25) is 9.89 Å². The molecule has 1 aromatic heterocycles. The second-order valence-electron chi connectivity index (χ2n) is 4.45. The number of amides is 1. The number of hydrogen-bond donors (Lipinski definition) is 2. The number of halogens is 1. The van der Waals surface area contributed by atoms with E-state index in [9.17, 15) is 21.6 Å². The molecule has 0 unspecified atom stereocenters. The predicted molar refractivity (Wildman–Crippen MR) is 77.7 cm³/mol. The number of rotatable bonds is 7. The number of nitrogens with one attached hydrogen (secondary N) is 2. The lowest BCUT2D eigenvalue weighted by atomic mass is 10.2. The fourth-order valence-corrected chi connectivity index (χ4v) is 3.42. The molecule has 2 N–H and O–H groups in total. The van der Waals surface area contributed by atoms with Gasteiger partial charge in [-0.1, -0.05) is 13.3 Å². The number of aromatic amines is 1. The molecule has 0 aliphatic heterocycles. The van der Waals surface area contributed by atoms with Crippen LogP contribution in [0.5, 0.6) is 0 Å². The van der Waals surface area contributed by atoms with Crippen molar-refractivity contribution in [3.05, 3.63) is 11.4 Å². The van der Waals surface area contributed by atoms with E-state index in [4.69, 9.17) is 10.7 Å². The van der Waals surface area contributed by atoms with E-state index in [-0.39, 0.29) is 28.6 Å². The molecule has 1 amide bonds. The van der Waals surface area contributed by atoms with Crippen LogP contribution < -0.4 is 5.32 Å². The van der Waals surface area contributed by atoms with Gasteiger partial charge in [0.15, 0.2) is 5.69 Å². The molecule has 1 aromatic rings. The number of hydrogen-bond acceptors (Lipinski definition) is 6. The van der Waals surface area contributed by atoms with Crippen LogP contribution in [-0.2, 0) is 25.3 Å². The first-order valence-electron chi connectivity index (χ1n) is 6.04. The third kappa shape index (κ3) is 5.29. The van der Waals surface area contributed by atoms with Crippen LogP contribution in [0.15, 0.2) is 4.90 Å². The van der Waals surface area contributed by atoms with Crippen molar-refractivity contribution < 1.29 is 21.6 Å². The van der Waals surface area contributed by atoms with Crippen molar-refractivity contribution in [1.29, 1.82) is 0 Å². The molecule has 11 heteroatoms. The van der Waals surface area contributed by atoms with Crippen LogP contribution in [0.3, 0.4) is 0 Å². The van der Waals surface area contributed by atoms with Crippen LogP contribution in [0.2, 0.25) is 0 Å². The second kappa shape index (κ2) is 6.75. The Labute approximate surface area is 127 Å². The van der Waals surface area contributed by atoms with Gasteiger partial charge in [-0.05, 0) is 6.42 Å². The Morgan fingerprint density at radius 2 is 1.95 bits per heavy atom. The molecule has 0 saturated heterocycles. The van der Waals surface area contributed by atoms with Crippen LogP contribution in [0.4, 0.5) is 0 Å². The Morgan fingerprint density at radius 1 is 1.33 bits per heavy atom. The van der Waals surface area contributed by atoms with Gasteiger partial charge in [0.25, 0.3) is 15.0 Å². The van der Waals surface area contributed by atoms with E-state index >= 15 is 0 Å². The summed E-state index contributed by atoms with van der Waals surface area (Å²) in [7, 11) is -2.04. The van der Waals surface area contributed by atoms with Gasteiger partial charge in [0, 0.05) is 23.5 Å². The van der Waals surface area contributed by atoms with Crippen LogP contribution in [0, 0.1) is 0 Å². The van der Waals surface area contributed by atoms with Crippen molar-refractivity contribution in [3.63, 3.8) is 0 Å². The van der Waals surface area contributed by atoms with E-state index in [0.29, 0.717) is 12.8 Å². The van der Waals surface area contributed by atoms with Crippen molar-refractivity contribution >= 4 is 35.5 Å². The molecular weight excluding hydrogens is 342 g/mol. The predicted octanol–water partition coefficient (Wildman–Crippen LogP) is 0.0641. The normalized spacial score (nSPS) is 12.3. The lowest BCUT2D eigenvalue weighted by Crippen LogP contribution is -2.29. The monoisotopic (exact) mass is 357 g/mol. The third-order valence-electron chi connectivity index (χ3n) is 2.51. The maximum absolute atomic E-state index is 11.9. The zero-order valence-electron chi connectivity index (χ0n) is 11.5. The number of carbonyl (C=O) groups is 1. The van der Waals surface area contributed by atoms with Crippen molar-refractivity contribution in [3.8, 4) is 0 Å². The molecule has 0 aliphatic rings. The first kappa shape index (κ1) is 17.9. The Kier molecular flexibility index (Phi) is 5.76. The molecule has 21 heavy (non-hydrogen) atoms. The summed E-state index contributed by atoms with van der Waals surface area (Å²) in [5.74, 6) is -1.05. The van der Waals surface area contributed by atoms with Crippen LogP contribution in [-0.4, -0.2) is 51.5 Å². The Balaban J connectivity index is 3.00. The van der Waals surface area contributed by atoms with Gasteiger partial charge in [0.1, 0.15) is 14.7 Å². The van der Waals surface area contributed by atoms with Gasteiger partial charge in [-0.2, -0.15) is 5.10 Å². The molecule has 0 spiro atoms. The van der Waals surface area contributed by atoms with Gasteiger partial charge in [0.05, 0.1) is 11.4 Å². The smallest absolute Gasteiger partial charge is 0.273 e. The first-order chi connectivity index (χ1) is 9.56. The molecular formula is C10H16ClN3O5S2. The highest BCUT2D eigenvalue weighted by molar-refractivity contribution is 8.13. The van der Waals surface area contributed by atoms with E-state index in [1.54, 1.807) is 0 Å². The Hall–Kier alpha value is -1.13. The van der Waals surface area contributed by atoms with E-state index in [0.717, 1.165) is 6.26 Å². The molecule has 0 atom stereocenters. The van der Waals surface area contributed by atoms with Crippen molar-refractivity contribution in [2.45, 2.75) is 24.7 Å². The van der Waals surface area contributed by atoms with Crippen LogP contribution in [0.25, 0.3) is 0 Å². The highest BCUT2D eigenvalue weighted by atomic mass is 35.7. The molecule has 1 rings (SSSR count). The fourth-order valence-electron chi connectivity index (χ4n) is 1.64. The standard InChI is InChI=1S/C10H16ClN3O5S2/c1-3-4-7-9(21(11,18)19)8(14-13-7)10(15)12-5-6-20(2,16)17/h3-6H2,1-2H3,(H,12,15)(H,13,14). The number of aromatic nitrogens is 2. The van der Waals surface area contributed by atoms with Gasteiger partial charge in [-0.15, -0.1) is 0 Å². The quantitative estimate of drug-likeness (QED) is 0.665. The summed E-state index contributed by atoms with van der Waals surface area (Å²) in [6.07, 6.45) is 2.03. The average Bonchev–Trinajstić information content (AvgIpc) is 2.71. The largest absolute Gasteiger partial charge is 0.350 e. The minimum atomic E-state index is -4.14. The van der Waals surface area contributed by atoms with E-state index in [2.05, 4.69) is 15.5 Å². The molecule has 120 valence electrons. The number of carbonyl (C=O) groups excluding carboxylic acids is 1. The second-order valence-corrected chi connectivity index (χ2v) is 9.22. The third-order valence-corrected chi connectivity index (χ3v) is 4.85. The van der Waals surface area contributed by atoms with Crippen LogP contribution >= 0.6 is 10.7 Å². The number of H-pyrrole nitrogens is 1. The zero-order valence-corrected chi connectivity index (χ0v) is 13.9. The number of nitrogens with zero attached hydrogens (tertiary/aromatic N) is 1. The number of aryl methyl sites for hydroxylation is 1. The Morgan fingerprint density at radius 3 is 2.43 bits per heavy atom. The lowest BCUT2D eigenvalue weighted by Gasteiger charge is -2.04. The van der Waals surface area contributed by atoms with E-state index < -0.39 is 24.8 Å². The molecule has 0 aliphatic carbocycles.